The van der Waals surface area contributed by atoms with Gasteiger partial charge in [0.15, 0.2) is 0 Å². The maximum Gasteiger partial charge on any atom is 0.237 e. The van der Waals surface area contributed by atoms with Gasteiger partial charge in [-0.05, 0) is 44.3 Å². The van der Waals surface area contributed by atoms with Gasteiger partial charge in [0.1, 0.15) is 0 Å². The van der Waals surface area contributed by atoms with Crippen LogP contribution in [0.25, 0.3) is 0 Å². The maximum absolute atomic E-state index is 13.2. The second-order valence-corrected chi connectivity index (χ2v) is 7.88. The monoisotopic (exact) mass is 373 g/mol. The Balaban J connectivity index is 1.66. The molecule has 0 unspecified atom stereocenters. The molecule has 6 nitrogen and oxygen atoms in total. The molecule has 0 radical (unpaired) electrons. The van der Waals surface area contributed by atoms with Crippen molar-refractivity contribution in [1.29, 1.82) is 0 Å². The SMILES string of the molecule is NC(=O)C1CCN(CC(=O)N(Cc2ccccc2)[C@@H]2CCCC[C@H]2O)CC1. The molecule has 0 bridgehead atoms. The Morgan fingerprint density at radius 2 is 1.74 bits per heavy atom. The Morgan fingerprint density at radius 1 is 1.07 bits per heavy atom. The van der Waals surface area contributed by atoms with Gasteiger partial charge in [-0.15, -0.1) is 0 Å². The predicted molar refractivity (Wildman–Crippen MR) is 104 cm³/mol. The lowest BCUT2D eigenvalue weighted by Gasteiger charge is -2.39. The molecule has 3 rings (SSSR count). The lowest BCUT2D eigenvalue weighted by Crippen LogP contribution is -2.52. The number of nitrogens with two attached hydrogens (primary N) is 1. The number of hydrogen-bond donors (Lipinski definition) is 2. The second-order valence-electron chi connectivity index (χ2n) is 7.88. The molecular formula is C21H31N3O3. The van der Waals surface area contributed by atoms with Gasteiger partial charge in [0.25, 0.3) is 0 Å². The number of likely N-dealkylation sites (tertiary alicyclic amines) is 1. The van der Waals surface area contributed by atoms with Crippen LogP contribution in [-0.2, 0) is 16.1 Å². The molecule has 1 aromatic carbocycles. The van der Waals surface area contributed by atoms with Crippen LogP contribution in [0.5, 0.6) is 0 Å². The third-order valence-corrected chi connectivity index (χ3v) is 5.96. The van der Waals surface area contributed by atoms with Crippen LogP contribution in [0.1, 0.15) is 44.1 Å². The van der Waals surface area contributed by atoms with Crippen molar-refractivity contribution < 1.29 is 14.7 Å². The molecule has 1 saturated carbocycles. The van der Waals surface area contributed by atoms with E-state index in [1.54, 1.807) is 0 Å². The van der Waals surface area contributed by atoms with Gasteiger partial charge in [0, 0.05) is 12.5 Å². The van der Waals surface area contributed by atoms with Crippen molar-refractivity contribution >= 4 is 11.8 Å². The third-order valence-electron chi connectivity index (χ3n) is 5.96. The highest BCUT2D eigenvalue weighted by Gasteiger charge is 2.33. The van der Waals surface area contributed by atoms with Crippen molar-refractivity contribution in [3.05, 3.63) is 35.9 Å². The number of nitrogens with zero attached hydrogens (tertiary/aromatic N) is 2. The Morgan fingerprint density at radius 3 is 2.37 bits per heavy atom. The van der Waals surface area contributed by atoms with E-state index in [0.717, 1.165) is 31.2 Å². The Hall–Kier alpha value is -1.92. The summed E-state index contributed by atoms with van der Waals surface area (Å²) in [5.41, 5.74) is 6.48. The summed E-state index contributed by atoms with van der Waals surface area (Å²) in [5, 5.41) is 10.5. The van der Waals surface area contributed by atoms with E-state index in [0.29, 0.717) is 39.0 Å². The zero-order valence-corrected chi connectivity index (χ0v) is 15.9. The van der Waals surface area contributed by atoms with Crippen LogP contribution < -0.4 is 5.73 Å². The Labute approximate surface area is 161 Å². The van der Waals surface area contributed by atoms with Gasteiger partial charge >= 0.3 is 0 Å². The molecule has 1 aromatic rings. The number of aliphatic hydroxyl groups excluding tert-OH is 1. The number of carbonyl (C=O) groups excluding carboxylic acids is 2. The van der Waals surface area contributed by atoms with E-state index in [1.807, 2.05) is 35.2 Å². The minimum absolute atomic E-state index is 0.0577. The smallest absolute Gasteiger partial charge is 0.237 e. The molecule has 1 saturated heterocycles. The summed E-state index contributed by atoms with van der Waals surface area (Å²) in [7, 11) is 0. The molecule has 1 aliphatic carbocycles. The van der Waals surface area contributed by atoms with Crippen molar-refractivity contribution in [2.45, 2.75) is 57.2 Å². The van der Waals surface area contributed by atoms with Gasteiger partial charge in [-0.25, -0.2) is 0 Å². The van der Waals surface area contributed by atoms with Crippen LogP contribution >= 0.6 is 0 Å². The van der Waals surface area contributed by atoms with Crippen LogP contribution in [0, 0.1) is 5.92 Å². The second kappa shape index (κ2) is 9.33. The highest BCUT2D eigenvalue weighted by molar-refractivity contribution is 5.79. The molecule has 6 heteroatoms. The summed E-state index contributed by atoms with van der Waals surface area (Å²) >= 11 is 0. The minimum Gasteiger partial charge on any atom is -0.391 e. The van der Waals surface area contributed by atoms with Crippen molar-refractivity contribution in [3.8, 4) is 0 Å². The fourth-order valence-corrected chi connectivity index (χ4v) is 4.28. The Kier molecular flexibility index (Phi) is 6.85. The average molecular weight is 373 g/mol. The summed E-state index contributed by atoms with van der Waals surface area (Å²) in [5.74, 6) is -0.253. The van der Waals surface area contributed by atoms with Gasteiger partial charge in [0.05, 0.1) is 18.7 Å². The van der Waals surface area contributed by atoms with Crippen LogP contribution in [0.3, 0.4) is 0 Å². The van der Waals surface area contributed by atoms with E-state index >= 15 is 0 Å². The molecule has 2 atom stereocenters. The number of hydrogen-bond acceptors (Lipinski definition) is 4. The van der Waals surface area contributed by atoms with E-state index in [1.165, 1.54) is 0 Å². The first-order chi connectivity index (χ1) is 13.0. The summed E-state index contributed by atoms with van der Waals surface area (Å²) in [6, 6.07) is 9.85. The summed E-state index contributed by atoms with van der Waals surface area (Å²) in [4.78, 5) is 28.5. The zero-order valence-electron chi connectivity index (χ0n) is 15.9. The first kappa shape index (κ1) is 19.8. The van der Waals surface area contributed by atoms with Crippen LogP contribution in [0.2, 0.25) is 0 Å². The van der Waals surface area contributed by atoms with Crippen LogP contribution in [0.15, 0.2) is 30.3 Å². The third kappa shape index (κ3) is 5.30. The number of benzene rings is 1. The number of piperidine rings is 1. The summed E-state index contributed by atoms with van der Waals surface area (Å²) < 4.78 is 0. The highest BCUT2D eigenvalue weighted by atomic mass is 16.3. The normalized spacial score (nSPS) is 24.5. The number of carbonyl (C=O) groups is 2. The van der Waals surface area contributed by atoms with Crippen molar-refractivity contribution in [2.24, 2.45) is 11.7 Å². The molecule has 2 amide bonds. The van der Waals surface area contributed by atoms with Gasteiger partial charge in [-0.1, -0.05) is 43.2 Å². The van der Waals surface area contributed by atoms with Crippen molar-refractivity contribution in [1.82, 2.24) is 9.80 Å². The number of amides is 2. The predicted octanol–water partition coefficient (Wildman–Crippen LogP) is 1.52. The number of rotatable bonds is 6. The number of aliphatic hydroxyl groups is 1. The molecule has 3 N–H and O–H groups in total. The maximum atomic E-state index is 13.2. The molecule has 2 aliphatic rings. The molecule has 2 fully saturated rings. The van der Waals surface area contributed by atoms with E-state index in [4.69, 9.17) is 5.73 Å². The average Bonchev–Trinajstić information content (AvgIpc) is 2.68. The largest absolute Gasteiger partial charge is 0.391 e. The minimum atomic E-state index is -0.452. The van der Waals surface area contributed by atoms with Gasteiger partial charge in [-0.3, -0.25) is 14.5 Å². The van der Waals surface area contributed by atoms with E-state index in [2.05, 4.69) is 4.90 Å². The Bertz CT molecular complexity index is 629. The molecule has 1 aliphatic heterocycles. The number of primary amides is 1. The molecule has 27 heavy (non-hydrogen) atoms. The molecule has 1 heterocycles. The fraction of sp³-hybridized carbons (Fsp3) is 0.619. The topological polar surface area (TPSA) is 86.9 Å². The van der Waals surface area contributed by atoms with Crippen molar-refractivity contribution in [2.75, 3.05) is 19.6 Å². The van der Waals surface area contributed by atoms with E-state index in [9.17, 15) is 14.7 Å². The molecule has 0 aromatic heterocycles. The van der Waals surface area contributed by atoms with Crippen LogP contribution in [-0.4, -0.2) is 58.5 Å². The first-order valence-electron chi connectivity index (χ1n) is 10.1. The van der Waals surface area contributed by atoms with Crippen LogP contribution in [0.4, 0.5) is 0 Å². The molecule has 148 valence electrons. The standard InChI is InChI=1S/C21H31N3O3/c22-21(27)17-10-12-23(13-11-17)15-20(26)24(14-16-6-2-1-3-7-16)18-8-4-5-9-19(18)25/h1-3,6-7,17-19,25H,4-5,8-15H2,(H2,22,27)/t18-,19-/m1/s1. The zero-order chi connectivity index (χ0) is 19.2. The van der Waals surface area contributed by atoms with Crippen molar-refractivity contribution in [3.63, 3.8) is 0 Å². The lowest BCUT2D eigenvalue weighted by atomic mass is 9.90. The van der Waals surface area contributed by atoms with Gasteiger partial charge < -0.3 is 15.7 Å². The lowest BCUT2D eigenvalue weighted by molar-refractivity contribution is -0.140. The molecule has 0 spiro atoms. The summed E-state index contributed by atoms with van der Waals surface area (Å²) in [6.45, 7) is 2.29. The first-order valence-corrected chi connectivity index (χ1v) is 10.1. The molecular weight excluding hydrogens is 342 g/mol. The quantitative estimate of drug-likeness (QED) is 0.791. The highest BCUT2D eigenvalue weighted by Crippen LogP contribution is 2.25. The van der Waals surface area contributed by atoms with Gasteiger partial charge in [-0.2, -0.15) is 0 Å². The van der Waals surface area contributed by atoms with Gasteiger partial charge in [0.2, 0.25) is 11.8 Å². The van der Waals surface area contributed by atoms with E-state index in [-0.39, 0.29) is 23.8 Å². The van der Waals surface area contributed by atoms with E-state index < -0.39 is 6.10 Å². The fourth-order valence-electron chi connectivity index (χ4n) is 4.28. The summed E-state index contributed by atoms with van der Waals surface area (Å²) in [6.07, 6.45) is 4.65.